The molecule has 0 spiro atoms. The molecule has 0 atom stereocenters. The summed E-state index contributed by atoms with van der Waals surface area (Å²) in [6, 6.07) is 17.4. The maximum atomic E-state index is 12.9. The molecule has 5 heteroatoms. The Morgan fingerprint density at radius 2 is 1.79 bits per heavy atom. The van der Waals surface area contributed by atoms with Crippen LogP contribution in [0, 0.1) is 5.92 Å². The minimum Gasteiger partial charge on any atom is -0.493 e. The molecule has 0 saturated carbocycles. The van der Waals surface area contributed by atoms with Gasteiger partial charge in [0.2, 0.25) is 5.91 Å². The fraction of sp³-hybridized carbons (Fsp3) is 0.458. The summed E-state index contributed by atoms with van der Waals surface area (Å²) in [4.78, 5) is 17.4. The molecular formula is C24H31ClN2O2. The number of rotatable bonds is 9. The normalized spacial score (nSPS) is 15.2. The van der Waals surface area contributed by atoms with Crippen molar-refractivity contribution in [2.75, 3.05) is 32.8 Å². The number of para-hydroxylation sites is 1. The fourth-order valence-electron chi connectivity index (χ4n) is 3.58. The Bertz CT molecular complexity index is 743. The molecule has 0 N–H and O–H groups in total. The number of ether oxygens (including phenoxy) is 1. The number of halogens is 1. The van der Waals surface area contributed by atoms with E-state index in [-0.39, 0.29) is 5.91 Å². The van der Waals surface area contributed by atoms with Gasteiger partial charge in [-0.25, -0.2) is 0 Å². The van der Waals surface area contributed by atoms with Gasteiger partial charge in [0.05, 0.1) is 13.0 Å². The molecule has 2 aromatic rings. The lowest BCUT2D eigenvalue weighted by Gasteiger charge is -2.32. The standard InChI is InChI=1S/C24H31ClN2O2/c1-20-11-14-26(15-12-20)16-17-27(19-21-7-9-22(25)10-8-21)24(28)13-18-29-23-5-3-2-4-6-23/h2-10,20H,11-19H2,1H3. The highest BCUT2D eigenvalue weighted by atomic mass is 35.5. The number of hydrogen-bond acceptors (Lipinski definition) is 3. The van der Waals surface area contributed by atoms with Crippen molar-refractivity contribution in [1.82, 2.24) is 9.80 Å². The Hall–Kier alpha value is -2.04. The van der Waals surface area contributed by atoms with E-state index >= 15 is 0 Å². The first-order valence-corrected chi connectivity index (χ1v) is 10.9. The molecule has 4 nitrogen and oxygen atoms in total. The van der Waals surface area contributed by atoms with Crippen molar-refractivity contribution in [2.45, 2.75) is 32.7 Å². The Morgan fingerprint density at radius 3 is 2.48 bits per heavy atom. The molecular weight excluding hydrogens is 384 g/mol. The number of carbonyl (C=O) groups excluding carboxylic acids is 1. The average Bonchev–Trinajstić information content (AvgIpc) is 2.74. The van der Waals surface area contributed by atoms with Crippen LogP contribution >= 0.6 is 11.6 Å². The number of piperidine rings is 1. The van der Waals surface area contributed by atoms with Gasteiger partial charge in [0.1, 0.15) is 5.75 Å². The van der Waals surface area contributed by atoms with Crippen molar-refractivity contribution in [3.05, 3.63) is 65.2 Å². The number of hydrogen-bond donors (Lipinski definition) is 0. The second kappa shape index (κ2) is 11.2. The van der Waals surface area contributed by atoms with Crippen LogP contribution in [0.15, 0.2) is 54.6 Å². The van der Waals surface area contributed by atoms with Gasteiger partial charge in [0, 0.05) is 24.7 Å². The molecule has 0 radical (unpaired) electrons. The van der Waals surface area contributed by atoms with Gasteiger partial charge in [-0.05, 0) is 61.7 Å². The molecule has 3 rings (SSSR count). The predicted octanol–water partition coefficient (Wildman–Crippen LogP) is 4.87. The molecule has 2 aromatic carbocycles. The second-order valence-electron chi connectivity index (χ2n) is 7.88. The predicted molar refractivity (Wildman–Crippen MR) is 118 cm³/mol. The third-order valence-corrected chi connectivity index (χ3v) is 5.78. The SMILES string of the molecule is CC1CCN(CCN(Cc2ccc(Cl)cc2)C(=O)CCOc2ccccc2)CC1. The quantitative estimate of drug-likeness (QED) is 0.586. The Morgan fingerprint density at radius 1 is 1.10 bits per heavy atom. The molecule has 0 unspecified atom stereocenters. The molecule has 1 amide bonds. The van der Waals surface area contributed by atoms with Crippen molar-refractivity contribution >= 4 is 17.5 Å². The average molecular weight is 415 g/mol. The number of likely N-dealkylation sites (tertiary alicyclic amines) is 1. The third-order valence-electron chi connectivity index (χ3n) is 5.53. The van der Waals surface area contributed by atoms with Crippen LogP contribution in [0.25, 0.3) is 0 Å². The van der Waals surface area contributed by atoms with Gasteiger partial charge in [-0.2, -0.15) is 0 Å². The molecule has 156 valence electrons. The van der Waals surface area contributed by atoms with E-state index in [1.165, 1.54) is 12.8 Å². The fourth-order valence-corrected chi connectivity index (χ4v) is 3.71. The minimum atomic E-state index is 0.126. The van der Waals surface area contributed by atoms with Crippen LogP contribution in [0.5, 0.6) is 5.75 Å². The number of benzene rings is 2. The summed E-state index contributed by atoms with van der Waals surface area (Å²) in [5, 5.41) is 0.713. The molecule has 0 aliphatic carbocycles. The van der Waals surface area contributed by atoms with Crippen LogP contribution in [0.2, 0.25) is 5.02 Å². The first-order chi connectivity index (χ1) is 14.1. The van der Waals surface area contributed by atoms with E-state index in [1.807, 2.05) is 59.5 Å². The topological polar surface area (TPSA) is 32.8 Å². The van der Waals surface area contributed by atoms with E-state index in [1.54, 1.807) is 0 Å². The lowest BCUT2D eigenvalue weighted by molar-refractivity contribution is -0.132. The van der Waals surface area contributed by atoms with Gasteiger partial charge in [-0.1, -0.05) is 48.9 Å². The first-order valence-electron chi connectivity index (χ1n) is 10.5. The summed E-state index contributed by atoms with van der Waals surface area (Å²) in [5.41, 5.74) is 1.10. The highest BCUT2D eigenvalue weighted by Gasteiger charge is 2.19. The number of carbonyl (C=O) groups is 1. The van der Waals surface area contributed by atoms with E-state index in [4.69, 9.17) is 16.3 Å². The maximum absolute atomic E-state index is 12.9. The highest BCUT2D eigenvalue weighted by Crippen LogP contribution is 2.17. The Balaban J connectivity index is 1.54. The van der Waals surface area contributed by atoms with E-state index < -0.39 is 0 Å². The van der Waals surface area contributed by atoms with Crippen molar-refractivity contribution < 1.29 is 9.53 Å². The summed E-state index contributed by atoms with van der Waals surface area (Å²) in [6.07, 6.45) is 2.87. The van der Waals surface area contributed by atoms with E-state index in [2.05, 4.69) is 11.8 Å². The zero-order valence-corrected chi connectivity index (χ0v) is 18.0. The number of amides is 1. The smallest absolute Gasteiger partial charge is 0.226 e. The van der Waals surface area contributed by atoms with Crippen molar-refractivity contribution in [3.8, 4) is 5.75 Å². The zero-order valence-electron chi connectivity index (χ0n) is 17.2. The number of nitrogens with zero attached hydrogens (tertiary/aromatic N) is 2. The highest BCUT2D eigenvalue weighted by molar-refractivity contribution is 6.30. The molecule has 0 aromatic heterocycles. The van der Waals surface area contributed by atoms with Gasteiger partial charge in [0.25, 0.3) is 0 Å². The van der Waals surface area contributed by atoms with Crippen LogP contribution in [-0.4, -0.2) is 48.5 Å². The van der Waals surface area contributed by atoms with E-state index in [9.17, 15) is 4.79 Å². The summed E-state index contributed by atoms with van der Waals surface area (Å²) in [7, 11) is 0. The molecule has 1 heterocycles. The summed E-state index contributed by atoms with van der Waals surface area (Å²) in [6.45, 7) is 7.22. The van der Waals surface area contributed by atoms with Gasteiger partial charge >= 0.3 is 0 Å². The van der Waals surface area contributed by atoms with Gasteiger partial charge < -0.3 is 14.5 Å². The van der Waals surface area contributed by atoms with Gasteiger partial charge in [-0.15, -0.1) is 0 Å². The molecule has 1 saturated heterocycles. The monoisotopic (exact) mass is 414 g/mol. The second-order valence-corrected chi connectivity index (χ2v) is 8.31. The maximum Gasteiger partial charge on any atom is 0.226 e. The van der Waals surface area contributed by atoms with Crippen LogP contribution in [0.3, 0.4) is 0 Å². The Kier molecular flexibility index (Phi) is 8.38. The first kappa shape index (κ1) is 21.7. The Labute approximate surface area is 179 Å². The van der Waals surface area contributed by atoms with Crippen molar-refractivity contribution in [1.29, 1.82) is 0 Å². The third kappa shape index (κ3) is 7.37. The molecule has 1 fully saturated rings. The van der Waals surface area contributed by atoms with Gasteiger partial charge in [0.15, 0.2) is 0 Å². The lowest BCUT2D eigenvalue weighted by atomic mass is 9.99. The largest absolute Gasteiger partial charge is 0.493 e. The van der Waals surface area contributed by atoms with E-state index in [0.717, 1.165) is 43.4 Å². The van der Waals surface area contributed by atoms with Crippen LogP contribution in [0.4, 0.5) is 0 Å². The lowest BCUT2D eigenvalue weighted by Crippen LogP contribution is -2.41. The summed E-state index contributed by atoms with van der Waals surface area (Å²) >= 11 is 6.01. The molecule has 29 heavy (non-hydrogen) atoms. The molecule has 1 aliphatic rings. The van der Waals surface area contributed by atoms with E-state index in [0.29, 0.717) is 24.6 Å². The van der Waals surface area contributed by atoms with Crippen LogP contribution in [-0.2, 0) is 11.3 Å². The van der Waals surface area contributed by atoms with Gasteiger partial charge in [-0.3, -0.25) is 4.79 Å². The minimum absolute atomic E-state index is 0.126. The van der Waals surface area contributed by atoms with Crippen molar-refractivity contribution in [3.63, 3.8) is 0 Å². The summed E-state index contributed by atoms with van der Waals surface area (Å²) in [5.74, 6) is 1.74. The molecule has 1 aliphatic heterocycles. The van der Waals surface area contributed by atoms with Crippen LogP contribution in [0.1, 0.15) is 31.7 Å². The molecule has 0 bridgehead atoms. The zero-order chi connectivity index (χ0) is 20.5. The summed E-state index contributed by atoms with van der Waals surface area (Å²) < 4.78 is 5.72. The van der Waals surface area contributed by atoms with Crippen molar-refractivity contribution in [2.24, 2.45) is 5.92 Å². The van der Waals surface area contributed by atoms with Crippen LogP contribution < -0.4 is 4.74 Å².